The van der Waals surface area contributed by atoms with Gasteiger partial charge in [-0.3, -0.25) is 4.98 Å². The Hall–Kier alpha value is -1.97. The van der Waals surface area contributed by atoms with Crippen molar-refractivity contribution in [1.82, 2.24) is 15.0 Å². The van der Waals surface area contributed by atoms with Crippen LogP contribution in [-0.2, 0) is 10.0 Å². The van der Waals surface area contributed by atoms with E-state index < -0.39 is 15.6 Å². The third-order valence-electron chi connectivity index (χ3n) is 5.97. The number of pyridine rings is 1. The zero-order valence-corrected chi connectivity index (χ0v) is 21.2. The highest BCUT2D eigenvalue weighted by Gasteiger charge is 2.36. The molecule has 0 atom stereocenters. The van der Waals surface area contributed by atoms with E-state index in [1.54, 1.807) is 42.7 Å². The smallest absolute Gasteiger partial charge is 0.241 e. The predicted octanol–water partition coefficient (Wildman–Crippen LogP) is 4.87. The molecular formula is C24H30Cl2FN3O3S. The molecule has 10 heteroatoms. The van der Waals surface area contributed by atoms with Crippen LogP contribution in [0.4, 0.5) is 4.39 Å². The lowest BCUT2D eigenvalue weighted by atomic mass is 9.84. The minimum absolute atomic E-state index is 0. The number of unbranched alkanes of at least 4 members (excludes halogenated alkanes) is 1. The van der Waals surface area contributed by atoms with E-state index in [2.05, 4.69) is 15.0 Å². The van der Waals surface area contributed by atoms with Crippen LogP contribution >= 0.6 is 24.8 Å². The van der Waals surface area contributed by atoms with Crippen LogP contribution in [0.1, 0.15) is 32.1 Å². The quantitative estimate of drug-likeness (QED) is 0.386. The summed E-state index contributed by atoms with van der Waals surface area (Å²) in [6.45, 7) is 2.05. The second-order valence-electron chi connectivity index (χ2n) is 8.25. The van der Waals surface area contributed by atoms with Crippen molar-refractivity contribution in [3.05, 3.63) is 66.7 Å². The summed E-state index contributed by atoms with van der Waals surface area (Å²) in [5.41, 5.74) is -0.491. The van der Waals surface area contributed by atoms with Gasteiger partial charge in [0.15, 0.2) is 0 Å². The Morgan fingerprint density at radius 2 is 1.76 bits per heavy atom. The average molecular weight is 530 g/mol. The number of piperidine rings is 1. The van der Waals surface area contributed by atoms with Crippen LogP contribution in [0.25, 0.3) is 10.8 Å². The summed E-state index contributed by atoms with van der Waals surface area (Å²) >= 11 is 0. The number of aromatic nitrogens is 1. The number of benzene rings is 2. The fourth-order valence-corrected chi connectivity index (χ4v) is 5.98. The van der Waals surface area contributed by atoms with Crippen LogP contribution < -0.4 is 14.8 Å². The van der Waals surface area contributed by atoms with Gasteiger partial charge in [0.1, 0.15) is 11.6 Å². The molecule has 186 valence electrons. The highest BCUT2D eigenvalue weighted by atomic mass is 35.5. The Bertz CT molecular complexity index is 1150. The number of fused-ring (bicyclic) bond motifs is 1. The van der Waals surface area contributed by atoms with E-state index in [0.29, 0.717) is 17.7 Å². The fourth-order valence-electron chi connectivity index (χ4n) is 4.26. The lowest BCUT2D eigenvalue weighted by Crippen LogP contribution is -2.54. The number of halogens is 3. The van der Waals surface area contributed by atoms with E-state index in [-0.39, 0.29) is 35.5 Å². The van der Waals surface area contributed by atoms with E-state index in [1.807, 2.05) is 6.07 Å². The van der Waals surface area contributed by atoms with Gasteiger partial charge in [0, 0.05) is 28.7 Å². The lowest BCUT2D eigenvalue weighted by Gasteiger charge is -2.38. The number of hydrogen-bond acceptors (Lipinski definition) is 5. The molecule has 0 radical (unpaired) electrons. The normalized spacial score (nSPS) is 15.2. The molecule has 0 unspecified atom stereocenters. The molecule has 0 aliphatic carbocycles. The second-order valence-corrected chi connectivity index (χ2v) is 9.90. The Labute approximate surface area is 212 Å². The highest BCUT2D eigenvalue weighted by Crippen LogP contribution is 2.30. The summed E-state index contributed by atoms with van der Waals surface area (Å²) in [6.07, 6.45) is 7.09. The summed E-state index contributed by atoms with van der Waals surface area (Å²) < 4.78 is 48.6. The number of rotatable bonds is 9. The maximum Gasteiger partial charge on any atom is 0.241 e. The van der Waals surface area contributed by atoms with Crippen LogP contribution in [-0.4, -0.2) is 38.6 Å². The van der Waals surface area contributed by atoms with Gasteiger partial charge in [0.05, 0.1) is 11.5 Å². The van der Waals surface area contributed by atoms with Crippen LogP contribution in [0.2, 0.25) is 0 Å². The van der Waals surface area contributed by atoms with E-state index in [1.165, 1.54) is 12.1 Å². The minimum atomic E-state index is -3.71. The van der Waals surface area contributed by atoms with Crippen molar-refractivity contribution in [3.8, 4) is 5.75 Å². The highest BCUT2D eigenvalue weighted by molar-refractivity contribution is 7.89. The number of ether oxygens (including phenoxy) is 1. The minimum Gasteiger partial charge on any atom is -0.494 e. The molecule has 2 aromatic carbocycles. The second kappa shape index (κ2) is 12.7. The number of nitrogens with zero attached hydrogens (tertiary/aromatic N) is 1. The monoisotopic (exact) mass is 529 g/mol. The Morgan fingerprint density at radius 3 is 2.50 bits per heavy atom. The number of hydrogen-bond donors (Lipinski definition) is 2. The van der Waals surface area contributed by atoms with Gasteiger partial charge in [0.2, 0.25) is 10.0 Å². The molecule has 3 aromatic rings. The molecule has 2 heterocycles. The van der Waals surface area contributed by atoms with Crippen molar-refractivity contribution >= 4 is 45.6 Å². The standard InChI is InChI=1S/C24H28FN3O3S.2ClH/c25-20-6-8-21(9-7-20)31-17-2-1-11-24(12-15-26-16-13-24)28-32(29,30)23-5-3-4-19-18-27-14-10-22(19)23;;/h3-10,14,18,26,28H,1-2,11-13,15-17H2;2*1H. The van der Waals surface area contributed by atoms with Crippen molar-refractivity contribution in [2.45, 2.75) is 42.5 Å². The van der Waals surface area contributed by atoms with Gasteiger partial charge >= 0.3 is 0 Å². The number of nitrogens with one attached hydrogen (secondary N) is 2. The Kier molecular flexibility index (Phi) is 10.5. The van der Waals surface area contributed by atoms with Crippen LogP contribution in [0.3, 0.4) is 0 Å². The molecule has 0 amide bonds. The molecule has 1 fully saturated rings. The summed E-state index contributed by atoms with van der Waals surface area (Å²) in [6, 6.07) is 13.0. The first kappa shape index (κ1) is 28.3. The predicted molar refractivity (Wildman–Crippen MR) is 137 cm³/mol. The SMILES string of the molecule is Cl.Cl.O=S(=O)(NC1(CCCCOc2ccc(F)cc2)CCNCC1)c1cccc2cnccc12. The van der Waals surface area contributed by atoms with Crippen molar-refractivity contribution in [2.24, 2.45) is 0 Å². The first-order chi connectivity index (χ1) is 15.5. The third-order valence-corrected chi connectivity index (χ3v) is 7.61. The lowest BCUT2D eigenvalue weighted by molar-refractivity contribution is 0.243. The molecule has 1 aliphatic rings. The Balaban J connectivity index is 0.00000204. The molecule has 1 aliphatic heterocycles. The molecular weight excluding hydrogens is 500 g/mol. The topological polar surface area (TPSA) is 80.3 Å². The van der Waals surface area contributed by atoms with Crippen molar-refractivity contribution in [1.29, 1.82) is 0 Å². The van der Waals surface area contributed by atoms with Gasteiger partial charge in [-0.05, 0) is 81.6 Å². The van der Waals surface area contributed by atoms with E-state index >= 15 is 0 Å². The first-order valence-electron chi connectivity index (χ1n) is 10.9. The van der Waals surface area contributed by atoms with Crippen molar-refractivity contribution in [3.63, 3.8) is 0 Å². The molecule has 1 aromatic heterocycles. The van der Waals surface area contributed by atoms with Gasteiger partial charge in [-0.1, -0.05) is 12.1 Å². The van der Waals surface area contributed by atoms with Crippen molar-refractivity contribution < 1.29 is 17.5 Å². The molecule has 34 heavy (non-hydrogen) atoms. The zero-order chi connectivity index (χ0) is 22.4. The fraction of sp³-hybridized carbons (Fsp3) is 0.375. The summed E-state index contributed by atoms with van der Waals surface area (Å²) in [7, 11) is -3.71. The van der Waals surface area contributed by atoms with Crippen LogP contribution in [0.5, 0.6) is 5.75 Å². The van der Waals surface area contributed by atoms with Gasteiger partial charge in [-0.2, -0.15) is 0 Å². The Morgan fingerprint density at radius 1 is 1.03 bits per heavy atom. The molecule has 0 saturated carbocycles. The third kappa shape index (κ3) is 7.02. The van der Waals surface area contributed by atoms with Crippen molar-refractivity contribution in [2.75, 3.05) is 19.7 Å². The van der Waals surface area contributed by atoms with E-state index in [4.69, 9.17) is 4.74 Å². The number of sulfonamides is 1. The average Bonchev–Trinajstić information content (AvgIpc) is 2.80. The van der Waals surface area contributed by atoms with Crippen LogP contribution in [0, 0.1) is 5.82 Å². The molecule has 0 bridgehead atoms. The first-order valence-corrected chi connectivity index (χ1v) is 12.4. The molecule has 6 nitrogen and oxygen atoms in total. The van der Waals surface area contributed by atoms with Gasteiger partial charge < -0.3 is 10.1 Å². The van der Waals surface area contributed by atoms with Crippen LogP contribution in [0.15, 0.2) is 65.8 Å². The summed E-state index contributed by atoms with van der Waals surface area (Å²) in [5.74, 6) is 0.342. The molecule has 1 saturated heterocycles. The van der Waals surface area contributed by atoms with Gasteiger partial charge in [-0.15, -0.1) is 24.8 Å². The summed E-state index contributed by atoms with van der Waals surface area (Å²) in [5, 5.41) is 4.80. The molecule has 2 N–H and O–H groups in total. The maximum atomic E-state index is 13.4. The molecule has 0 spiro atoms. The summed E-state index contributed by atoms with van der Waals surface area (Å²) in [4.78, 5) is 4.38. The van der Waals surface area contributed by atoms with E-state index in [0.717, 1.165) is 50.6 Å². The largest absolute Gasteiger partial charge is 0.494 e. The maximum absolute atomic E-state index is 13.4. The van der Waals surface area contributed by atoms with Gasteiger partial charge in [0.25, 0.3) is 0 Å². The van der Waals surface area contributed by atoms with E-state index in [9.17, 15) is 12.8 Å². The van der Waals surface area contributed by atoms with Gasteiger partial charge in [-0.25, -0.2) is 17.5 Å². The molecule has 4 rings (SSSR count). The zero-order valence-electron chi connectivity index (χ0n) is 18.7.